The molecule has 2 aliphatic heterocycles. The van der Waals surface area contributed by atoms with Gasteiger partial charge in [-0.2, -0.15) is 0 Å². The molecule has 3 nitrogen and oxygen atoms in total. The van der Waals surface area contributed by atoms with Crippen LogP contribution in [-0.4, -0.2) is 6.71 Å². The third kappa shape index (κ3) is 2.66. The topological polar surface area (TPSA) is 32.5 Å². The number of nitrogens with zero attached hydrogens (tertiary/aromatic N) is 2. The summed E-state index contributed by atoms with van der Waals surface area (Å²) in [5.74, 6) is 0. The van der Waals surface area contributed by atoms with E-state index in [1.54, 1.807) is 0 Å². The number of anilines is 7. The summed E-state index contributed by atoms with van der Waals surface area (Å²) in [6.45, 7) is 0.137. The highest BCUT2D eigenvalue weighted by Crippen LogP contribution is 2.44. The van der Waals surface area contributed by atoms with Gasteiger partial charge in [0.25, 0.3) is 6.71 Å². The fourth-order valence-corrected chi connectivity index (χ4v) is 5.63. The Labute approximate surface area is 199 Å². The first-order chi connectivity index (χ1) is 16.8. The maximum absolute atomic E-state index is 6.60. The van der Waals surface area contributed by atoms with E-state index < -0.39 is 0 Å². The lowest BCUT2D eigenvalue weighted by Gasteiger charge is -2.44. The molecule has 5 aromatic carbocycles. The molecule has 0 atom stereocenters. The van der Waals surface area contributed by atoms with Gasteiger partial charge in [-0.05, 0) is 64.9 Å². The molecule has 0 spiro atoms. The van der Waals surface area contributed by atoms with Crippen LogP contribution < -0.4 is 31.9 Å². The van der Waals surface area contributed by atoms with Gasteiger partial charge >= 0.3 is 0 Å². The number of hydrogen-bond donors (Lipinski definition) is 1. The predicted molar refractivity (Wildman–Crippen MR) is 145 cm³/mol. The number of fused-ring (bicyclic) bond motifs is 4. The van der Waals surface area contributed by atoms with E-state index in [4.69, 9.17) is 5.73 Å². The molecule has 0 amide bonds. The SMILES string of the molecule is Nc1cc2c3c(c1)N(c1ccccc1)c1ccccc1B3c1ccccc1N2c1ccccc1. The van der Waals surface area contributed by atoms with Crippen LogP contribution >= 0.6 is 0 Å². The molecule has 2 N–H and O–H groups in total. The number of rotatable bonds is 2. The van der Waals surface area contributed by atoms with E-state index in [-0.39, 0.29) is 6.71 Å². The summed E-state index contributed by atoms with van der Waals surface area (Å²) < 4.78 is 0. The summed E-state index contributed by atoms with van der Waals surface area (Å²) in [5, 5.41) is 0. The average Bonchev–Trinajstić information content (AvgIpc) is 2.89. The van der Waals surface area contributed by atoms with Crippen molar-refractivity contribution >= 4 is 62.9 Å². The second-order valence-electron chi connectivity index (χ2n) is 8.87. The molecule has 34 heavy (non-hydrogen) atoms. The Morgan fingerprint density at radius 2 is 0.882 bits per heavy atom. The van der Waals surface area contributed by atoms with Crippen molar-refractivity contribution in [3.8, 4) is 0 Å². The molecule has 160 valence electrons. The first-order valence-electron chi connectivity index (χ1n) is 11.6. The molecule has 5 aromatic rings. The van der Waals surface area contributed by atoms with Gasteiger partial charge in [-0.3, -0.25) is 0 Å². The van der Waals surface area contributed by atoms with Crippen molar-refractivity contribution in [1.82, 2.24) is 0 Å². The van der Waals surface area contributed by atoms with Crippen LogP contribution in [0.25, 0.3) is 0 Å². The second kappa shape index (κ2) is 7.29. The van der Waals surface area contributed by atoms with Crippen LogP contribution in [0, 0.1) is 0 Å². The fraction of sp³-hybridized carbons (Fsp3) is 0. The van der Waals surface area contributed by atoms with E-state index in [1.165, 1.54) is 27.8 Å². The molecule has 2 aliphatic rings. The molecule has 0 fully saturated rings. The third-order valence-corrected chi connectivity index (χ3v) is 6.94. The van der Waals surface area contributed by atoms with Crippen molar-refractivity contribution in [3.05, 3.63) is 121 Å². The normalized spacial score (nSPS) is 13.2. The van der Waals surface area contributed by atoms with Crippen molar-refractivity contribution in [2.45, 2.75) is 0 Å². The third-order valence-electron chi connectivity index (χ3n) is 6.94. The van der Waals surface area contributed by atoms with E-state index in [0.717, 1.165) is 28.4 Å². The Morgan fingerprint density at radius 3 is 1.35 bits per heavy atom. The lowest BCUT2D eigenvalue weighted by atomic mass is 9.33. The molecule has 2 heterocycles. The minimum absolute atomic E-state index is 0.137. The van der Waals surface area contributed by atoms with Crippen LogP contribution in [0.15, 0.2) is 121 Å². The minimum atomic E-state index is 0.137. The highest BCUT2D eigenvalue weighted by atomic mass is 15.2. The van der Waals surface area contributed by atoms with E-state index in [2.05, 4.69) is 131 Å². The van der Waals surface area contributed by atoms with Crippen LogP contribution in [0.1, 0.15) is 0 Å². The second-order valence-corrected chi connectivity index (χ2v) is 8.87. The minimum Gasteiger partial charge on any atom is -0.399 e. The molecule has 0 bridgehead atoms. The molecule has 0 radical (unpaired) electrons. The van der Waals surface area contributed by atoms with Crippen LogP contribution in [0.3, 0.4) is 0 Å². The smallest absolute Gasteiger partial charge is 0.252 e. The summed E-state index contributed by atoms with van der Waals surface area (Å²) >= 11 is 0. The maximum atomic E-state index is 6.60. The number of hydrogen-bond acceptors (Lipinski definition) is 3. The average molecular weight is 435 g/mol. The molecule has 0 aliphatic carbocycles. The monoisotopic (exact) mass is 435 g/mol. The quantitative estimate of drug-likeness (QED) is 0.294. The first kappa shape index (κ1) is 19.1. The number of benzene rings is 5. The molecular formula is C30H22BN3. The van der Waals surface area contributed by atoms with Gasteiger partial charge in [0.15, 0.2) is 0 Å². The van der Waals surface area contributed by atoms with Crippen LogP contribution in [0.4, 0.5) is 39.8 Å². The Morgan fingerprint density at radius 1 is 0.471 bits per heavy atom. The van der Waals surface area contributed by atoms with E-state index in [0.29, 0.717) is 0 Å². The van der Waals surface area contributed by atoms with E-state index in [1.807, 2.05) is 0 Å². The fourth-order valence-electron chi connectivity index (χ4n) is 5.63. The highest BCUT2D eigenvalue weighted by Gasteiger charge is 2.42. The molecule has 0 saturated heterocycles. The summed E-state index contributed by atoms with van der Waals surface area (Å²) in [6, 6.07) is 42.9. The lowest BCUT2D eigenvalue weighted by molar-refractivity contribution is 1.25. The van der Waals surface area contributed by atoms with Crippen molar-refractivity contribution < 1.29 is 0 Å². The van der Waals surface area contributed by atoms with Gasteiger partial charge in [0.1, 0.15) is 0 Å². The van der Waals surface area contributed by atoms with Crippen molar-refractivity contribution in [2.75, 3.05) is 15.5 Å². The number of para-hydroxylation sites is 4. The Hall–Kier alpha value is -4.44. The zero-order valence-corrected chi connectivity index (χ0v) is 18.6. The van der Waals surface area contributed by atoms with Crippen LogP contribution in [-0.2, 0) is 0 Å². The Kier molecular flexibility index (Phi) is 4.09. The van der Waals surface area contributed by atoms with Gasteiger partial charge in [-0.25, -0.2) is 0 Å². The van der Waals surface area contributed by atoms with E-state index in [9.17, 15) is 0 Å². The van der Waals surface area contributed by atoms with Gasteiger partial charge in [0, 0.05) is 39.8 Å². The van der Waals surface area contributed by atoms with Gasteiger partial charge in [0.2, 0.25) is 0 Å². The lowest BCUT2D eigenvalue weighted by Crippen LogP contribution is -2.61. The summed E-state index contributed by atoms with van der Waals surface area (Å²) in [6.07, 6.45) is 0. The van der Waals surface area contributed by atoms with Gasteiger partial charge in [-0.15, -0.1) is 0 Å². The molecule has 7 rings (SSSR count). The maximum Gasteiger partial charge on any atom is 0.252 e. The number of nitrogen functional groups attached to an aromatic ring is 1. The standard InChI is InChI=1S/C30H22BN3/c32-21-19-28-30-29(20-21)34(23-13-5-2-6-14-23)27-18-10-8-16-25(27)31(30)24-15-7-9-17-26(24)33(28)22-11-3-1-4-12-22/h1-20H,32H2. The van der Waals surface area contributed by atoms with Gasteiger partial charge in [-0.1, -0.05) is 72.8 Å². The summed E-state index contributed by atoms with van der Waals surface area (Å²) in [7, 11) is 0. The molecule has 0 aromatic heterocycles. The predicted octanol–water partition coefficient (Wildman–Crippen LogP) is 5.35. The largest absolute Gasteiger partial charge is 0.399 e. The van der Waals surface area contributed by atoms with Gasteiger partial charge < -0.3 is 15.5 Å². The van der Waals surface area contributed by atoms with Crippen LogP contribution in [0.5, 0.6) is 0 Å². The van der Waals surface area contributed by atoms with Crippen molar-refractivity contribution in [1.29, 1.82) is 0 Å². The number of nitrogens with two attached hydrogens (primary N) is 1. The van der Waals surface area contributed by atoms with Crippen LogP contribution in [0.2, 0.25) is 0 Å². The summed E-state index contributed by atoms with van der Waals surface area (Å²) in [5.41, 5.74) is 18.2. The molecule has 0 unspecified atom stereocenters. The zero-order valence-electron chi connectivity index (χ0n) is 18.6. The van der Waals surface area contributed by atoms with E-state index >= 15 is 0 Å². The molecular weight excluding hydrogens is 413 g/mol. The highest BCUT2D eigenvalue weighted by molar-refractivity contribution is 7.00. The van der Waals surface area contributed by atoms with Crippen molar-refractivity contribution in [3.63, 3.8) is 0 Å². The molecule has 0 saturated carbocycles. The van der Waals surface area contributed by atoms with Crippen molar-refractivity contribution in [2.24, 2.45) is 0 Å². The molecule has 4 heteroatoms. The summed E-state index contributed by atoms with van der Waals surface area (Å²) in [4.78, 5) is 4.72. The first-order valence-corrected chi connectivity index (χ1v) is 11.6. The Balaban J connectivity index is 1.60. The zero-order chi connectivity index (χ0) is 22.6. The Bertz CT molecular complexity index is 1420. The van der Waals surface area contributed by atoms with Gasteiger partial charge in [0.05, 0.1) is 0 Å².